The first-order valence-corrected chi connectivity index (χ1v) is 1.96. The third-order valence-electron chi connectivity index (χ3n) is 0.455. The summed E-state index contributed by atoms with van der Waals surface area (Å²) in [6.07, 6.45) is 2.71. The quantitative estimate of drug-likeness (QED) is 0.542. The second-order valence-corrected chi connectivity index (χ2v) is 0.986. The Hall–Kier alpha value is -0.230. The molecule has 2 N–H and O–H groups in total. The third kappa shape index (κ3) is 10.7. The molecule has 0 saturated carbocycles. The summed E-state index contributed by atoms with van der Waals surface area (Å²) in [4.78, 5) is 0. The van der Waals surface area contributed by atoms with Gasteiger partial charge in [0.25, 0.3) is 0 Å². The molecule has 0 aliphatic heterocycles. The van der Waals surface area contributed by atoms with Crippen molar-refractivity contribution in [1.29, 1.82) is 0 Å². The van der Waals surface area contributed by atoms with Gasteiger partial charge in [-0.15, -0.1) is 18.1 Å². The standard InChI is InChI=1S/C5H9N.ClH/c1-2-3-4-5-6;/h3H,1,4-6H2;1H. The molecule has 0 saturated heterocycles. The van der Waals surface area contributed by atoms with E-state index in [4.69, 9.17) is 5.73 Å². The highest BCUT2D eigenvalue weighted by atomic mass is 35.5. The molecular weight excluding hydrogens is 110 g/mol. The zero-order chi connectivity index (χ0) is 4.83. The van der Waals surface area contributed by atoms with E-state index < -0.39 is 0 Å². The van der Waals surface area contributed by atoms with Crippen LogP contribution in [0.2, 0.25) is 0 Å². The van der Waals surface area contributed by atoms with Gasteiger partial charge in [0.1, 0.15) is 0 Å². The first-order chi connectivity index (χ1) is 2.91. The van der Waals surface area contributed by atoms with Gasteiger partial charge in [0, 0.05) is 0 Å². The van der Waals surface area contributed by atoms with Crippen molar-refractivity contribution in [3.05, 3.63) is 18.4 Å². The predicted octanol–water partition coefficient (Wildman–Crippen LogP) is 1.10. The van der Waals surface area contributed by atoms with Crippen molar-refractivity contribution in [2.45, 2.75) is 6.42 Å². The van der Waals surface area contributed by atoms with E-state index >= 15 is 0 Å². The van der Waals surface area contributed by atoms with E-state index in [9.17, 15) is 0 Å². The Morgan fingerprint density at radius 2 is 2.29 bits per heavy atom. The summed E-state index contributed by atoms with van der Waals surface area (Å²) in [6.45, 7) is 4.06. The van der Waals surface area contributed by atoms with Crippen LogP contribution in [-0.2, 0) is 0 Å². The Morgan fingerprint density at radius 3 is 2.43 bits per heavy atom. The number of nitrogens with two attached hydrogens (primary N) is 1. The van der Waals surface area contributed by atoms with Gasteiger partial charge < -0.3 is 5.73 Å². The summed E-state index contributed by atoms with van der Waals surface area (Å²) in [6, 6.07) is 0. The molecule has 0 aliphatic carbocycles. The fraction of sp³-hybridized carbons (Fsp3) is 0.400. The van der Waals surface area contributed by atoms with Gasteiger partial charge in [-0.3, -0.25) is 0 Å². The lowest BCUT2D eigenvalue weighted by molar-refractivity contribution is 1.01. The van der Waals surface area contributed by atoms with Crippen molar-refractivity contribution < 1.29 is 0 Å². The average molecular weight is 120 g/mol. The van der Waals surface area contributed by atoms with Crippen molar-refractivity contribution in [3.63, 3.8) is 0 Å². The molecule has 0 aliphatic rings. The topological polar surface area (TPSA) is 26.0 Å². The van der Waals surface area contributed by atoms with Crippen molar-refractivity contribution in [2.24, 2.45) is 5.73 Å². The molecular formula is C5H10ClN. The Kier molecular flexibility index (Phi) is 13.1. The summed E-state index contributed by atoms with van der Waals surface area (Å²) < 4.78 is 0. The minimum absolute atomic E-state index is 0. The van der Waals surface area contributed by atoms with Crippen molar-refractivity contribution >= 4 is 12.4 Å². The average Bonchev–Trinajstić information content (AvgIpc) is 1.61. The molecule has 42 valence electrons. The van der Waals surface area contributed by atoms with Gasteiger partial charge in [0.05, 0.1) is 0 Å². The maximum Gasteiger partial charge on any atom is -0.00365 e. The molecule has 0 unspecified atom stereocenters. The largest absolute Gasteiger partial charge is 0.330 e. The molecule has 0 aromatic heterocycles. The minimum Gasteiger partial charge on any atom is -0.330 e. The lowest BCUT2D eigenvalue weighted by Crippen LogP contribution is -1.94. The lowest BCUT2D eigenvalue weighted by atomic mass is 10.4. The molecule has 0 aromatic carbocycles. The van der Waals surface area contributed by atoms with Crippen LogP contribution in [0.15, 0.2) is 18.4 Å². The molecule has 0 aromatic rings. The summed E-state index contributed by atoms with van der Waals surface area (Å²) in [7, 11) is 0. The Bertz CT molecular complexity index is 64.5. The summed E-state index contributed by atoms with van der Waals surface area (Å²) >= 11 is 0. The molecule has 1 nitrogen and oxygen atoms in total. The Balaban J connectivity index is 0. The highest BCUT2D eigenvalue weighted by molar-refractivity contribution is 5.85. The van der Waals surface area contributed by atoms with Gasteiger partial charge in [-0.25, -0.2) is 0 Å². The molecule has 0 amide bonds. The molecule has 0 spiro atoms. The van der Waals surface area contributed by atoms with Crippen LogP contribution in [0.4, 0.5) is 0 Å². The summed E-state index contributed by atoms with van der Waals surface area (Å²) in [5.41, 5.74) is 7.73. The fourth-order valence-corrected chi connectivity index (χ4v) is 0.185. The van der Waals surface area contributed by atoms with Gasteiger partial charge >= 0.3 is 0 Å². The maximum atomic E-state index is 5.12. The number of rotatable bonds is 2. The van der Waals surface area contributed by atoms with E-state index in [-0.39, 0.29) is 12.4 Å². The van der Waals surface area contributed by atoms with Crippen molar-refractivity contribution in [3.8, 4) is 0 Å². The SMILES string of the molecule is C=C=CCCN.Cl. The normalized spacial score (nSPS) is 5.86. The van der Waals surface area contributed by atoms with Gasteiger partial charge in [-0.2, -0.15) is 0 Å². The van der Waals surface area contributed by atoms with Gasteiger partial charge in [0.15, 0.2) is 0 Å². The zero-order valence-electron chi connectivity index (χ0n) is 4.18. The molecule has 0 heterocycles. The van der Waals surface area contributed by atoms with Crippen LogP contribution in [0.3, 0.4) is 0 Å². The lowest BCUT2D eigenvalue weighted by Gasteiger charge is -1.74. The molecule has 0 radical (unpaired) electrons. The smallest absolute Gasteiger partial charge is 0.00365 e. The van der Waals surface area contributed by atoms with Gasteiger partial charge in [0.2, 0.25) is 0 Å². The van der Waals surface area contributed by atoms with Crippen LogP contribution >= 0.6 is 12.4 Å². The van der Waals surface area contributed by atoms with E-state index in [1.54, 1.807) is 0 Å². The van der Waals surface area contributed by atoms with Crippen LogP contribution in [0.1, 0.15) is 6.42 Å². The molecule has 0 rings (SSSR count). The Morgan fingerprint density at radius 1 is 1.71 bits per heavy atom. The van der Waals surface area contributed by atoms with Crippen LogP contribution in [0.5, 0.6) is 0 Å². The van der Waals surface area contributed by atoms with E-state index in [1.165, 1.54) is 0 Å². The highest BCUT2D eigenvalue weighted by Gasteiger charge is 1.63. The van der Waals surface area contributed by atoms with Crippen molar-refractivity contribution in [1.82, 2.24) is 0 Å². The summed E-state index contributed by atoms with van der Waals surface area (Å²) in [5, 5.41) is 0. The number of halogens is 1. The van der Waals surface area contributed by atoms with E-state index in [0.717, 1.165) is 6.42 Å². The molecule has 2 heteroatoms. The Labute approximate surface area is 50.3 Å². The first-order valence-electron chi connectivity index (χ1n) is 1.96. The van der Waals surface area contributed by atoms with Gasteiger partial charge in [-0.05, 0) is 19.0 Å². The van der Waals surface area contributed by atoms with Crippen LogP contribution in [0, 0.1) is 0 Å². The van der Waals surface area contributed by atoms with Gasteiger partial charge in [-0.1, -0.05) is 6.58 Å². The van der Waals surface area contributed by atoms with Crippen LogP contribution in [-0.4, -0.2) is 6.54 Å². The highest BCUT2D eigenvalue weighted by Crippen LogP contribution is 1.69. The number of hydrogen-bond acceptors (Lipinski definition) is 1. The van der Waals surface area contributed by atoms with Crippen LogP contribution in [0.25, 0.3) is 0 Å². The van der Waals surface area contributed by atoms with Crippen molar-refractivity contribution in [2.75, 3.05) is 6.54 Å². The monoisotopic (exact) mass is 119 g/mol. The minimum atomic E-state index is 0. The molecule has 7 heavy (non-hydrogen) atoms. The second-order valence-electron chi connectivity index (χ2n) is 0.986. The molecule has 0 atom stereocenters. The summed E-state index contributed by atoms with van der Waals surface area (Å²) in [5.74, 6) is 0. The third-order valence-corrected chi connectivity index (χ3v) is 0.455. The maximum absolute atomic E-state index is 5.12. The zero-order valence-corrected chi connectivity index (χ0v) is 5.00. The molecule has 0 fully saturated rings. The molecule has 0 bridgehead atoms. The van der Waals surface area contributed by atoms with E-state index in [1.807, 2.05) is 6.08 Å². The first kappa shape index (κ1) is 9.91. The van der Waals surface area contributed by atoms with E-state index in [0.29, 0.717) is 6.54 Å². The fourth-order valence-electron chi connectivity index (χ4n) is 0.185. The predicted molar refractivity (Wildman–Crippen MR) is 34.6 cm³/mol. The van der Waals surface area contributed by atoms with Crippen LogP contribution < -0.4 is 5.73 Å². The second kappa shape index (κ2) is 9.24. The number of hydrogen-bond donors (Lipinski definition) is 1. The van der Waals surface area contributed by atoms with E-state index in [2.05, 4.69) is 12.3 Å².